The van der Waals surface area contributed by atoms with Crippen molar-refractivity contribution in [3.05, 3.63) is 35.9 Å². The van der Waals surface area contributed by atoms with Crippen LogP contribution >= 0.6 is 0 Å². The number of hydrogen-bond acceptors (Lipinski definition) is 3. The topological polar surface area (TPSA) is 32.7 Å². The fraction of sp³-hybridized carbons (Fsp3) is 0.571. The van der Waals surface area contributed by atoms with Crippen LogP contribution in [0.25, 0.3) is 0 Å². The van der Waals surface area contributed by atoms with Crippen LogP contribution in [-0.2, 0) is 4.74 Å². The average Bonchev–Trinajstić information content (AvgIpc) is 2.85. The summed E-state index contributed by atoms with van der Waals surface area (Å²) < 4.78 is 5.98. The van der Waals surface area contributed by atoms with E-state index < -0.39 is 0 Å². The first-order valence-corrected chi connectivity index (χ1v) is 6.33. The van der Waals surface area contributed by atoms with Crippen LogP contribution in [0.15, 0.2) is 30.3 Å². The minimum Gasteiger partial charge on any atom is -0.395 e. The molecule has 92 valence electrons. The molecule has 3 nitrogen and oxygen atoms in total. The SMILES string of the molecule is C[C@@]12CC[C@@H](CO)N1[C@H](c1ccccc1)CO2. The highest BCUT2D eigenvalue weighted by Crippen LogP contribution is 2.46. The Kier molecular flexibility index (Phi) is 2.69. The lowest BCUT2D eigenvalue weighted by Gasteiger charge is -2.33. The van der Waals surface area contributed by atoms with Crippen LogP contribution in [0.1, 0.15) is 31.4 Å². The van der Waals surface area contributed by atoms with E-state index in [0.29, 0.717) is 6.04 Å². The maximum Gasteiger partial charge on any atom is 0.119 e. The normalized spacial score (nSPS) is 37.3. The van der Waals surface area contributed by atoms with E-state index in [9.17, 15) is 5.11 Å². The largest absolute Gasteiger partial charge is 0.395 e. The van der Waals surface area contributed by atoms with Crippen LogP contribution in [-0.4, -0.2) is 35.0 Å². The number of rotatable bonds is 2. The summed E-state index contributed by atoms with van der Waals surface area (Å²) in [5.41, 5.74) is 1.12. The van der Waals surface area contributed by atoms with E-state index in [1.807, 2.05) is 6.07 Å². The van der Waals surface area contributed by atoms with Crippen LogP contribution in [0.4, 0.5) is 0 Å². The molecule has 1 aromatic carbocycles. The zero-order valence-electron chi connectivity index (χ0n) is 10.2. The Hall–Kier alpha value is -0.900. The molecular formula is C14H19NO2. The average molecular weight is 233 g/mol. The minimum absolute atomic E-state index is 0.173. The molecule has 2 fully saturated rings. The van der Waals surface area contributed by atoms with Gasteiger partial charge in [0.25, 0.3) is 0 Å². The molecule has 2 heterocycles. The first-order valence-electron chi connectivity index (χ1n) is 6.33. The summed E-state index contributed by atoms with van der Waals surface area (Å²) >= 11 is 0. The zero-order valence-corrected chi connectivity index (χ0v) is 10.2. The second-order valence-electron chi connectivity index (χ2n) is 5.19. The zero-order chi connectivity index (χ0) is 11.9. The number of fused-ring (bicyclic) bond motifs is 1. The molecule has 0 unspecified atom stereocenters. The summed E-state index contributed by atoms with van der Waals surface area (Å²) in [4.78, 5) is 2.36. The summed E-state index contributed by atoms with van der Waals surface area (Å²) in [5, 5.41) is 9.50. The van der Waals surface area contributed by atoms with E-state index in [2.05, 4.69) is 36.1 Å². The van der Waals surface area contributed by atoms with E-state index in [0.717, 1.165) is 19.4 Å². The van der Waals surface area contributed by atoms with Gasteiger partial charge in [-0.25, -0.2) is 0 Å². The van der Waals surface area contributed by atoms with Gasteiger partial charge in [-0.15, -0.1) is 0 Å². The van der Waals surface area contributed by atoms with Gasteiger partial charge in [-0.2, -0.15) is 0 Å². The maximum absolute atomic E-state index is 9.50. The van der Waals surface area contributed by atoms with Gasteiger partial charge in [0.15, 0.2) is 0 Å². The smallest absolute Gasteiger partial charge is 0.119 e. The summed E-state index contributed by atoms with van der Waals surface area (Å²) in [5.74, 6) is 0. The molecule has 2 aliphatic rings. The highest BCUT2D eigenvalue weighted by Gasteiger charge is 2.52. The van der Waals surface area contributed by atoms with Gasteiger partial charge in [-0.05, 0) is 25.3 Å². The number of hydrogen-bond donors (Lipinski definition) is 1. The minimum atomic E-state index is -0.173. The van der Waals surface area contributed by atoms with Crippen molar-refractivity contribution in [3.63, 3.8) is 0 Å². The molecule has 3 atom stereocenters. The molecule has 3 heteroatoms. The van der Waals surface area contributed by atoms with Gasteiger partial charge < -0.3 is 9.84 Å². The number of aliphatic hydroxyl groups is 1. The summed E-state index contributed by atoms with van der Waals surface area (Å²) in [6.45, 7) is 3.10. The Morgan fingerprint density at radius 2 is 2.18 bits per heavy atom. The Morgan fingerprint density at radius 3 is 2.88 bits per heavy atom. The molecule has 0 bridgehead atoms. The Morgan fingerprint density at radius 1 is 1.41 bits per heavy atom. The van der Waals surface area contributed by atoms with Crippen LogP contribution in [0, 0.1) is 0 Å². The lowest BCUT2D eigenvalue weighted by molar-refractivity contribution is -0.0592. The molecule has 2 saturated heterocycles. The predicted octanol–water partition coefficient (Wildman–Crippen LogP) is 1.93. The maximum atomic E-state index is 9.50. The number of nitrogens with zero attached hydrogens (tertiary/aromatic N) is 1. The van der Waals surface area contributed by atoms with E-state index in [1.165, 1.54) is 5.56 Å². The summed E-state index contributed by atoms with van der Waals surface area (Å²) in [7, 11) is 0. The molecule has 17 heavy (non-hydrogen) atoms. The van der Waals surface area contributed by atoms with Crippen molar-refractivity contribution in [3.8, 4) is 0 Å². The van der Waals surface area contributed by atoms with E-state index in [-0.39, 0.29) is 18.4 Å². The second kappa shape index (κ2) is 4.09. The third-order valence-corrected chi connectivity index (χ3v) is 4.16. The van der Waals surface area contributed by atoms with Crippen molar-refractivity contribution >= 4 is 0 Å². The molecule has 3 rings (SSSR count). The van der Waals surface area contributed by atoms with Gasteiger partial charge >= 0.3 is 0 Å². The van der Waals surface area contributed by atoms with Gasteiger partial charge in [-0.3, -0.25) is 4.90 Å². The third kappa shape index (κ3) is 1.69. The van der Waals surface area contributed by atoms with Crippen molar-refractivity contribution in [2.75, 3.05) is 13.2 Å². The molecular weight excluding hydrogens is 214 g/mol. The van der Waals surface area contributed by atoms with Gasteiger partial charge in [-0.1, -0.05) is 30.3 Å². The molecule has 0 aliphatic carbocycles. The van der Waals surface area contributed by atoms with Crippen LogP contribution in [0.2, 0.25) is 0 Å². The second-order valence-corrected chi connectivity index (χ2v) is 5.19. The van der Waals surface area contributed by atoms with Crippen molar-refractivity contribution in [1.29, 1.82) is 0 Å². The van der Waals surface area contributed by atoms with E-state index in [1.54, 1.807) is 0 Å². The van der Waals surface area contributed by atoms with Crippen LogP contribution < -0.4 is 0 Å². The number of benzene rings is 1. The van der Waals surface area contributed by atoms with Crippen molar-refractivity contribution in [2.24, 2.45) is 0 Å². The monoisotopic (exact) mass is 233 g/mol. The van der Waals surface area contributed by atoms with Gasteiger partial charge in [0, 0.05) is 6.04 Å². The summed E-state index contributed by atoms with van der Waals surface area (Å²) in [6.07, 6.45) is 2.04. The van der Waals surface area contributed by atoms with Crippen LogP contribution in [0.5, 0.6) is 0 Å². The quantitative estimate of drug-likeness (QED) is 0.847. The first-order chi connectivity index (χ1) is 8.24. The van der Waals surface area contributed by atoms with Gasteiger partial charge in [0.1, 0.15) is 5.72 Å². The highest BCUT2D eigenvalue weighted by atomic mass is 16.5. The van der Waals surface area contributed by atoms with E-state index >= 15 is 0 Å². The summed E-state index contributed by atoms with van der Waals surface area (Å²) in [6, 6.07) is 11.0. The van der Waals surface area contributed by atoms with Crippen molar-refractivity contribution < 1.29 is 9.84 Å². The Bertz CT molecular complexity index is 394. The number of aliphatic hydroxyl groups excluding tert-OH is 1. The highest BCUT2D eigenvalue weighted by molar-refractivity contribution is 5.22. The fourth-order valence-corrected chi connectivity index (χ4v) is 3.27. The van der Waals surface area contributed by atoms with Gasteiger partial charge in [0.05, 0.1) is 19.3 Å². The molecule has 0 radical (unpaired) electrons. The Balaban J connectivity index is 1.92. The molecule has 0 spiro atoms. The molecule has 2 aliphatic heterocycles. The first kappa shape index (κ1) is 11.2. The fourth-order valence-electron chi connectivity index (χ4n) is 3.27. The molecule has 1 N–H and O–H groups in total. The van der Waals surface area contributed by atoms with E-state index in [4.69, 9.17) is 4.74 Å². The molecule has 0 aromatic heterocycles. The molecule has 0 saturated carbocycles. The van der Waals surface area contributed by atoms with Crippen molar-refractivity contribution in [1.82, 2.24) is 4.90 Å². The van der Waals surface area contributed by atoms with Crippen molar-refractivity contribution in [2.45, 2.75) is 37.6 Å². The van der Waals surface area contributed by atoms with Gasteiger partial charge in [0.2, 0.25) is 0 Å². The number of ether oxygens (including phenoxy) is 1. The lowest BCUT2D eigenvalue weighted by atomic mass is 10.1. The lowest BCUT2D eigenvalue weighted by Crippen LogP contribution is -2.43. The molecule has 0 amide bonds. The third-order valence-electron chi connectivity index (χ3n) is 4.16. The molecule has 1 aromatic rings. The predicted molar refractivity (Wildman–Crippen MR) is 65.5 cm³/mol. The Labute approximate surface area is 102 Å². The van der Waals surface area contributed by atoms with Crippen LogP contribution in [0.3, 0.4) is 0 Å². The standard InChI is InChI=1S/C14H19NO2/c1-14-8-7-12(9-16)15(14)13(10-17-14)11-5-3-2-4-6-11/h2-6,12-13,16H,7-10H2,1H3/t12-,13-,14+/m0/s1.